The van der Waals surface area contributed by atoms with E-state index in [-0.39, 0.29) is 0 Å². The molecule has 0 amide bonds. The molecule has 0 saturated carbocycles. The monoisotopic (exact) mass is 294 g/mol. The normalized spacial score (nSPS) is 11.8. The second kappa shape index (κ2) is 20.5. The summed E-state index contributed by atoms with van der Waals surface area (Å²) in [6, 6.07) is 0. The molecule has 0 saturated heterocycles. The van der Waals surface area contributed by atoms with Crippen molar-refractivity contribution in [2.24, 2.45) is 0 Å². The molecule has 0 rings (SSSR count). The molecule has 0 bridgehead atoms. The molecule has 3 nitrogen and oxygen atoms in total. The van der Waals surface area contributed by atoms with Crippen LogP contribution < -0.4 is 0 Å². The minimum atomic E-state index is -2.69. The van der Waals surface area contributed by atoms with E-state index in [0.717, 1.165) is 12.8 Å². The van der Waals surface area contributed by atoms with Crippen molar-refractivity contribution >= 4 is 8.25 Å². The van der Waals surface area contributed by atoms with E-state index in [1.165, 1.54) is 57.8 Å². The highest BCUT2D eigenvalue weighted by Crippen LogP contribution is 2.16. The van der Waals surface area contributed by atoms with Gasteiger partial charge in [-0.25, -0.2) is 0 Å². The van der Waals surface area contributed by atoms with Crippen molar-refractivity contribution in [1.82, 2.24) is 0 Å². The summed E-state index contributed by atoms with van der Waals surface area (Å²) in [5.74, 6) is 0. The van der Waals surface area contributed by atoms with Gasteiger partial charge in [0.25, 0.3) is 0 Å². The maximum absolute atomic E-state index is 10.2. The molecular weight excluding hydrogens is 259 g/mol. The molecular formula is C15H35O3P. The minimum absolute atomic E-state index is 0.435. The van der Waals surface area contributed by atoms with Gasteiger partial charge in [-0.05, 0) is 6.42 Å². The highest BCUT2D eigenvalue weighted by Gasteiger charge is 1.94. The van der Waals surface area contributed by atoms with Crippen LogP contribution in [0.4, 0.5) is 0 Å². The van der Waals surface area contributed by atoms with Gasteiger partial charge in [-0.1, -0.05) is 85.0 Å². The van der Waals surface area contributed by atoms with Crippen LogP contribution in [0.25, 0.3) is 0 Å². The molecule has 1 unspecified atom stereocenters. The Bertz CT molecular complexity index is 175. The van der Waals surface area contributed by atoms with Gasteiger partial charge in [-0.15, -0.1) is 0 Å². The van der Waals surface area contributed by atoms with Crippen molar-refractivity contribution in [3.8, 4) is 0 Å². The number of unbranched alkanes of at least 4 members (excludes halogenated alkanes) is 9. The van der Waals surface area contributed by atoms with E-state index in [9.17, 15) is 4.57 Å². The summed E-state index contributed by atoms with van der Waals surface area (Å²) in [4.78, 5) is 8.42. The maximum atomic E-state index is 10.2. The highest BCUT2D eigenvalue weighted by atomic mass is 31.1. The average Bonchev–Trinajstić information content (AvgIpc) is 2.36. The predicted octanol–water partition coefficient (Wildman–Crippen LogP) is 5.72. The van der Waals surface area contributed by atoms with Gasteiger partial charge in [-0.3, -0.25) is 4.57 Å². The zero-order chi connectivity index (χ0) is 14.8. The lowest BCUT2D eigenvalue weighted by Gasteiger charge is -2.02. The van der Waals surface area contributed by atoms with Crippen LogP contribution in [0.2, 0.25) is 0 Å². The summed E-state index contributed by atoms with van der Waals surface area (Å²) in [6.07, 6.45) is 13.9. The van der Waals surface area contributed by atoms with Crippen LogP contribution in [0.5, 0.6) is 0 Å². The topological polar surface area (TPSA) is 46.5 Å². The Morgan fingerprint density at radius 3 is 1.53 bits per heavy atom. The van der Waals surface area contributed by atoms with E-state index in [1.807, 2.05) is 0 Å². The Balaban J connectivity index is 0. The molecule has 118 valence electrons. The second-order valence-electron chi connectivity index (χ2n) is 5.00. The quantitative estimate of drug-likeness (QED) is 0.370. The zero-order valence-electron chi connectivity index (χ0n) is 13.2. The van der Waals surface area contributed by atoms with Crippen LogP contribution in [0.3, 0.4) is 0 Å². The Morgan fingerprint density at radius 1 is 0.789 bits per heavy atom. The summed E-state index contributed by atoms with van der Waals surface area (Å²) >= 11 is 0. The fraction of sp³-hybridized carbons (Fsp3) is 1.00. The molecule has 0 aromatic carbocycles. The Labute approximate surface area is 121 Å². The molecule has 0 aromatic heterocycles. The van der Waals surface area contributed by atoms with Crippen LogP contribution in [-0.4, -0.2) is 11.5 Å². The summed E-state index contributed by atoms with van der Waals surface area (Å²) in [5.41, 5.74) is 0. The maximum Gasteiger partial charge on any atom is 0.316 e. The SMILES string of the molecule is CCC.CCCCCCCCCCCCO[PH](=O)O. The Morgan fingerprint density at radius 2 is 1.16 bits per heavy atom. The zero-order valence-corrected chi connectivity index (χ0v) is 14.2. The molecule has 4 heteroatoms. The molecule has 0 aliphatic heterocycles. The fourth-order valence-corrected chi connectivity index (χ4v) is 2.07. The molecule has 0 fully saturated rings. The fourth-order valence-electron chi connectivity index (χ4n) is 1.75. The minimum Gasteiger partial charge on any atom is -0.326 e. The lowest BCUT2D eigenvalue weighted by atomic mass is 10.1. The lowest BCUT2D eigenvalue weighted by molar-refractivity contribution is 0.273. The highest BCUT2D eigenvalue weighted by molar-refractivity contribution is 7.32. The van der Waals surface area contributed by atoms with Crippen LogP contribution in [0.1, 0.15) is 91.4 Å². The van der Waals surface area contributed by atoms with E-state index in [0.29, 0.717) is 6.61 Å². The molecule has 0 heterocycles. The van der Waals surface area contributed by atoms with E-state index in [1.54, 1.807) is 0 Å². The molecule has 19 heavy (non-hydrogen) atoms. The third kappa shape index (κ3) is 27.4. The Hall–Kier alpha value is 0.150. The van der Waals surface area contributed by atoms with Crippen molar-refractivity contribution in [3.63, 3.8) is 0 Å². The van der Waals surface area contributed by atoms with Crippen molar-refractivity contribution in [3.05, 3.63) is 0 Å². The first kappa shape index (κ1) is 21.4. The molecule has 0 aliphatic carbocycles. The summed E-state index contributed by atoms with van der Waals surface area (Å²) in [7, 11) is -2.69. The van der Waals surface area contributed by atoms with Crippen LogP contribution in [-0.2, 0) is 9.09 Å². The molecule has 1 N–H and O–H groups in total. The Kier molecular flexibility index (Phi) is 23.1. The third-order valence-corrected chi connectivity index (χ3v) is 3.17. The average molecular weight is 294 g/mol. The number of hydrogen-bond acceptors (Lipinski definition) is 2. The van der Waals surface area contributed by atoms with Gasteiger partial charge < -0.3 is 9.42 Å². The van der Waals surface area contributed by atoms with Gasteiger partial charge in [0.1, 0.15) is 0 Å². The smallest absolute Gasteiger partial charge is 0.316 e. The van der Waals surface area contributed by atoms with Gasteiger partial charge in [0.15, 0.2) is 0 Å². The summed E-state index contributed by atoms with van der Waals surface area (Å²) in [6.45, 7) is 6.92. The summed E-state index contributed by atoms with van der Waals surface area (Å²) in [5, 5.41) is 0. The van der Waals surface area contributed by atoms with Crippen molar-refractivity contribution < 1.29 is 14.0 Å². The van der Waals surface area contributed by atoms with E-state index in [2.05, 4.69) is 25.3 Å². The van der Waals surface area contributed by atoms with Crippen molar-refractivity contribution in [2.45, 2.75) is 91.4 Å². The van der Waals surface area contributed by atoms with E-state index in [4.69, 9.17) is 4.89 Å². The third-order valence-electron chi connectivity index (χ3n) is 2.72. The molecule has 0 radical (unpaired) electrons. The number of rotatable bonds is 12. The predicted molar refractivity (Wildman–Crippen MR) is 85.0 cm³/mol. The number of hydrogen-bond donors (Lipinski definition) is 1. The molecule has 0 aromatic rings. The van der Waals surface area contributed by atoms with Gasteiger partial charge in [-0.2, -0.15) is 0 Å². The lowest BCUT2D eigenvalue weighted by Crippen LogP contribution is -1.87. The molecule has 0 spiro atoms. The first-order chi connectivity index (χ1) is 9.18. The van der Waals surface area contributed by atoms with Gasteiger partial charge in [0, 0.05) is 0 Å². The van der Waals surface area contributed by atoms with E-state index < -0.39 is 8.25 Å². The van der Waals surface area contributed by atoms with Gasteiger partial charge in [0.2, 0.25) is 0 Å². The van der Waals surface area contributed by atoms with Crippen LogP contribution >= 0.6 is 8.25 Å². The van der Waals surface area contributed by atoms with Crippen LogP contribution in [0, 0.1) is 0 Å². The second-order valence-corrected chi connectivity index (χ2v) is 5.82. The largest absolute Gasteiger partial charge is 0.326 e. The van der Waals surface area contributed by atoms with Crippen molar-refractivity contribution in [1.29, 1.82) is 0 Å². The standard InChI is InChI=1S/C12H27O3P.C3H8/c1-2-3-4-5-6-7-8-9-10-11-12-15-16(13)14;1-3-2/h16H,2-12H2,1H3,(H,13,14);3H2,1-2H3. The molecule has 1 atom stereocenters. The van der Waals surface area contributed by atoms with E-state index >= 15 is 0 Å². The van der Waals surface area contributed by atoms with Crippen LogP contribution in [0.15, 0.2) is 0 Å². The molecule has 0 aliphatic rings. The summed E-state index contributed by atoms with van der Waals surface area (Å²) < 4.78 is 14.8. The first-order valence-corrected chi connectivity index (χ1v) is 9.31. The van der Waals surface area contributed by atoms with Crippen molar-refractivity contribution in [2.75, 3.05) is 6.61 Å². The first-order valence-electron chi connectivity index (χ1n) is 8.04. The van der Waals surface area contributed by atoms with Gasteiger partial charge in [0.05, 0.1) is 6.61 Å². The van der Waals surface area contributed by atoms with Gasteiger partial charge >= 0.3 is 8.25 Å².